The van der Waals surface area contributed by atoms with Crippen molar-refractivity contribution in [2.45, 2.75) is 44.6 Å². The third kappa shape index (κ3) is 3.60. The Morgan fingerprint density at radius 2 is 2.11 bits per heavy atom. The molecule has 1 aromatic carbocycles. The fourth-order valence-electron chi connectivity index (χ4n) is 2.72. The Balaban J connectivity index is 1.96. The maximum atomic E-state index is 5.43. The molecular weight excluding hydrogens is 256 g/mol. The van der Waals surface area contributed by atoms with Gasteiger partial charge >= 0.3 is 0 Å². The van der Waals surface area contributed by atoms with Gasteiger partial charge in [-0.05, 0) is 43.6 Å². The molecule has 0 amide bonds. The largest absolute Gasteiger partial charge is 0.497 e. The van der Waals surface area contributed by atoms with E-state index in [2.05, 4.69) is 17.6 Å². The van der Waals surface area contributed by atoms with Gasteiger partial charge in [0.25, 0.3) is 0 Å². The van der Waals surface area contributed by atoms with Crippen LogP contribution in [0.4, 0.5) is 5.69 Å². The van der Waals surface area contributed by atoms with Crippen LogP contribution in [-0.4, -0.2) is 17.8 Å². The molecule has 0 aliphatic heterocycles. The maximum absolute atomic E-state index is 5.43. The maximum Gasteiger partial charge on any atom is 0.171 e. The van der Waals surface area contributed by atoms with Crippen LogP contribution < -0.4 is 15.4 Å². The fraction of sp³-hybridized carbons (Fsp3) is 0.533. The van der Waals surface area contributed by atoms with Crippen molar-refractivity contribution in [3.05, 3.63) is 24.3 Å². The Morgan fingerprint density at radius 1 is 1.37 bits per heavy atom. The summed E-state index contributed by atoms with van der Waals surface area (Å²) in [4.78, 5) is 0. The van der Waals surface area contributed by atoms with Gasteiger partial charge in [-0.3, -0.25) is 0 Å². The number of thiocarbonyl (C=S) groups is 1. The number of ether oxygens (including phenoxy) is 1. The number of hydrogen-bond acceptors (Lipinski definition) is 2. The second kappa shape index (κ2) is 6.24. The minimum atomic E-state index is 0.197. The highest BCUT2D eigenvalue weighted by atomic mass is 32.1. The van der Waals surface area contributed by atoms with Crippen LogP contribution in [0, 0.1) is 0 Å². The van der Waals surface area contributed by atoms with Crippen molar-refractivity contribution in [1.82, 2.24) is 5.32 Å². The van der Waals surface area contributed by atoms with E-state index in [1.807, 2.05) is 24.3 Å². The highest BCUT2D eigenvalue weighted by Gasteiger charge is 2.32. The number of anilines is 1. The molecule has 1 saturated carbocycles. The standard InChI is InChI=1S/C15H22N2OS/c1-3-15(9-4-5-10-15)17-14(19)16-12-7-6-8-13(11-12)18-2/h6-8,11H,3-5,9-10H2,1-2H3,(H2,16,17,19). The third-order valence-corrected chi connectivity index (χ3v) is 4.15. The first kappa shape index (κ1) is 14.1. The minimum absolute atomic E-state index is 0.197. The molecule has 0 spiro atoms. The quantitative estimate of drug-likeness (QED) is 0.823. The molecule has 0 atom stereocenters. The molecule has 0 bridgehead atoms. The van der Waals surface area contributed by atoms with Crippen LogP contribution in [0.1, 0.15) is 39.0 Å². The Bertz CT molecular complexity index is 442. The van der Waals surface area contributed by atoms with Gasteiger partial charge in [-0.2, -0.15) is 0 Å². The summed E-state index contributed by atoms with van der Waals surface area (Å²) in [5.74, 6) is 0.832. The van der Waals surface area contributed by atoms with Crippen molar-refractivity contribution in [1.29, 1.82) is 0 Å². The summed E-state index contributed by atoms with van der Waals surface area (Å²) in [7, 11) is 1.67. The molecule has 19 heavy (non-hydrogen) atoms. The Kier molecular flexibility index (Phi) is 4.64. The molecule has 1 fully saturated rings. The van der Waals surface area contributed by atoms with Crippen LogP contribution in [0.3, 0.4) is 0 Å². The van der Waals surface area contributed by atoms with Gasteiger partial charge in [0, 0.05) is 17.3 Å². The zero-order chi connectivity index (χ0) is 13.7. The van der Waals surface area contributed by atoms with Gasteiger partial charge in [0.2, 0.25) is 0 Å². The van der Waals surface area contributed by atoms with Crippen molar-refractivity contribution in [3.8, 4) is 5.75 Å². The summed E-state index contributed by atoms with van der Waals surface area (Å²) in [6, 6.07) is 7.81. The molecule has 0 saturated heterocycles. The summed E-state index contributed by atoms with van der Waals surface area (Å²) in [6.45, 7) is 2.23. The summed E-state index contributed by atoms with van der Waals surface area (Å²) in [5.41, 5.74) is 1.16. The smallest absolute Gasteiger partial charge is 0.171 e. The molecule has 1 aliphatic rings. The van der Waals surface area contributed by atoms with Gasteiger partial charge in [-0.25, -0.2) is 0 Å². The summed E-state index contributed by atoms with van der Waals surface area (Å²) >= 11 is 5.43. The van der Waals surface area contributed by atoms with Gasteiger partial charge in [0.15, 0.2) is 5.11 Å². The first-order valence-electron chi connectivity index (χ1n) is 6.91. The summed E-state index contributed by atoms with van der Waals surface area (Å²) in [6.07, 6.45) is 6.13. The van der Waals surface area contributed by atoms with Crippen molar-refractivity contribution in [2.75, 3.05) is 12.4 Å². The van der Waals surface area contributed by atoms with E-state index in [4.69, 9.17) is 17.0 Å². The van der Waals surface area contributed by atoms with Crippen LogP contribution in [0.2, 0.25) is 0 Å². The van der Waals surface area contributed by atoms with E-state index in [9.17, 15) is 0 Å². The van der Waals surface area contributed by atoms with Crippen molar-refractivity contribution in [2.24, 2.45) is 0 Å². The highest BCUT2D eigenvalue weighted by molar-refractivity contribution is 7.80. The van der Waals surface area contributed by atoms with E-state index >= 15 is 0 Å². The van der Waals surface area contributed by atoms with Crippen LogP contribution in [0.5, 0.6) is 5.75 Å². The molecule has 2 rings (SSSR count). The monoisotopic (exact) mass is 278 g/mol. The molecule has 0 unspecified atom stereocenters. The highest BCUT2D eigenvalue weighted by Crippen LogP contribution is 2.32. The first-order valence-corrected chi connectivity index (χ1v) is 7.31. The van der Waals surface area contributed by atoms with E-state index < -0.39 is 0 Å². The Hall–Kier alpha value is -1.29. The average molecular weight is 278 g/mol. The van der Waals surface area contributed by atoms with Crippen molar-refractivity contribution < 1.29 is 4.74 Å². The second-order valence-electron chi connectivity index (χ2n) is 5.15. The molecule has 1 aromatic rings. The molecule has 0 heterocycles. The van der Waals surface area contributed by atoms with E-state index in [0.29, 0.717) is 5.11 Å². The molecule has 3 nitrogen and oxygen atoms in total. The van der Waals surface area contributed by atoms with Crippen LogP contribution in [-0.2, 0) is 0 Å². The molecule has 0 aromatic heterocycles. The second-order valence-corrected chi connectivity index (χ2v) is 5.56. The lowest BCUT2D eigenvalue weighted by molar-refractivity contribution is 0.378. The van der Waals surface area contributed by atoms with Crippen LogP contribution in [0.15, 0.2) is 24.3 Å². The van der Waals surface area contributed by atoms with Gasteiger partial charge in [-0.1, -0.05) is 25.8 Å². The van der Waals surface area contributed by atoms with E-state index in [1.165, 1.54) is 25.7 Å². The lowest BCUT2D eigenvalue weighted by Crippen LogP contribution is -2.47. The number of benzene rings is 1. The molecule has 2 N–H and O–H groups in total. The van der Waals surface area contributed by atoms with E-state index in [1.54, 1.807) is 7.11 Å². The molecule has 1 aliphatic carbocycles. The van der Waals surface area contributed by atoms with Crippen LogP contribution >= 0.6 is 12.2 Å². The molecule has 104 valence electrons. The minimum Gasteiger partial charge on any atom is -0.497 e. The normalized spacial score (nSPS) is 16.9. The molecular formula is C15H22N2OS. The van der Waals surface area contributed by atoms with Crippen molar-refractivity contribution >= 4 is 23.0 Å². The predicted molar refractivity (Wildman–Crippen MR) is 83.8 cm³/mol. The van der Waals surface area contributed by atoms with Crippen molar-refractivity contribution in [3.63, 3.8) is 0 Å². The van der Waals surface area contributed by atoms with Gasteiger partial charge in [0.05, 0.1) is 7.11 Å². The fourth-order valence-corrected chi connectivity index (χ4v) is 3.06. The molecule has 0 radical (unpaired) electrons. The SMILES string of the molecule is CCC1(NC(=S)Nc2cccc(OC)c2)CCCC1. The van der Waals surface area contributed by atoms with Gasteiger partial charge in [-0.15, -0.1) is 0 Å². The topological polar surface area (TPSA) is 33.3 Å². The van der Waals surface area contributed by atoms with Gasteiger partial charge in [0.1, 0.15) is 5.75 Å². The predicted octanol–water partition coefficient (Wildman–Crippen LogP) is 3.70. The van der Waals surface area contributed by atoms with Crippen LogP contribution in [0.25, 0.3) is 0 Å². The Labute approximate surface area is 120 Å². The zero-order valence-electron chi connectivity index (χ0n) is 11.7. The lowest BCUT2D eigenvalue weighted by atomic mass is 9.95. The zero-order valence-corrected chi connectivity index (χ0v) is 12.5. The Morgan fingerprint density at radius 3 is 2.74 bits per heavy atom. The third-order valence-electron chi connectivity index (χ3n) is 3.94. The number of methoxy groups -OCH3 is 1. The van der Waals surface area contributed by atoms with E-state index in [0.717, 1.165) is 17.9 Å². The van der Waals surface area contributed by atoms with Gasteiger partial charge < -0.3 is 15.4 Å². The molecule has 4 heteroatoms. The summed E-state index contributed by atoms with van der Waals surface area (Å²) < 4.78 is 5.21. The van der Waals surface area contributed by atoms with E-state index in [-0.39, 0.29) is 5.54 Å². The lowest BCUT2D eigenvalue weighted by Gasteiger charge is -2.30. The number of rotatable bonds is 4. The average Bonchev–Trinajstić information content (AvgIpc) is 2.88. The number of nitrogens with one attached hydrogen (secondary N) is 2. The first-order chi connectivity index (χ1) is 9.17. The number of hydrogen-bond donors (Lipinski definition) is 2. The summed E-state index contributed by atoms with van der Waals surface area (Å²) in [5, 5.41) is 7.46.